The Bertz CT molecular complexity index is 311. The van der Waals surface area contributed by atoms with Crippen molar-refractivity contribution in [1.29, 1.82) is 0 Å². The highest BCUT2D eigenvalue weighted by Gasteiger charge is 1.95. The normalized spacial score (nSPS) is 10.5. The SMILES string of the molecule is C=Cc1ccc(Cl)cc1/C=C\C. The Balaban J connectivity index is 3.20. The van der Waals surface area contributed by atoms with E-state index in [0.29, 0.717) is 0 Å². The summed E-state index contributed by atoms with van der Waals surface area (Å²) >= 11 is 5.84. The van der Waals surface area contributed by atoms with Gasteiger partial charge in [0.15, 0.2) is 0 Å². The highest BCUT2D eigenvalue weighted by molar-refractivity contribution is 6.30. The van der Waals surface area contributed by atoms with Crippen LogP contribution in [0.15, 0.2) is 30.9 Å². The fourth-order valence-electron chi connectivity index (χ4n) is 1.06. The molecule has 0 unspecified atom stereocenters. The van der Waals surface area contributed by atoms with Gasteiger partial charge in [0.1, 0.15) is 0 Å². The fraction of sp³-hybridized carbons (Fsp3) is 0.0909. The second-order valence-electron chi connectivity index (χ2n) is 2.48. The van der Waals surface area contributed by atoms with Gasteiger partial charge in [0.25, 0.3) is 0 Å². The molecule has 0 aliphatic carbocycles. The minimum Gasteiger partial charge on any atom is -0.0984 e. The first kappa shape index (κ1) is 9.08. The molecule has 0 nitrogen and oxygen atoms in total. The Morgan fingerprint density at radius 3 is 2.67 bits per heavy atom. The number of hydrogen-bond donors (Lipinski definition) is 0. The molecule has 0 aliphatic heterocycles. The van der Waals surface area contributed by atoms with Gasteiger partial charge in [-0.15, -0.1) is 0 Å². The van der Waals surface area contributed by atoms with Gasteiger partial charge in [0.2, 0.25) is 0 Å². The summed E-state index contributed by atoms with van der Waals surface area (Å²) in [5, 5.41) is 0.758. The van der Waals surface area contributed by atoms with E-state index >= 15 is 0 Å². The molecule has 0 N–H and O–H groups in total. The molecular formula is C11H11Cl. The molecule has 0 amide bonds. The summed E-state index contributed by atoms with van der Waals surface area (Å²) in [5.74, 6) is 0. The highest BCUT2D eigenvalue weighted by Crippen LogP contribution is 2.18. The van der Waals surface area contributed by atoms with Crippen LogP contribution in [0.5, 0.6) is 0 Å². The number of benzene rings is 1. The maximum Gasteiger partial charge on any atom is 0.0412 e. The molecule has 12 heavy (non-hydrogen) atoms. The van der Waals surface area contributed by atoms with Gasteiger partial charge in [0, 0.05) is 5.02 Å². The molecule has 0 atom stereocenters. The van der Waals surface area contributed by atoms with E-state index in [2.05, 4.69) is 6.58 Å². The molecule has 0 bridgehead atoms. The first-order valence-electron chi connectivity index (χ1n) is 3.82. The third kappa shape index (κ3) is 1.99. The molecule has 0 aromatic heterocycles. The zero-order valence-electron chi connectivity index (χ0n) is 7.05. The summed E-state index contributed by atoms with van der Waals surface area (Å²) in [6, 6.07) is 5.76. The zero-order valence-corrected chi connectivity index (χ0v) is 7.81. The highest BCUT2D eigenvalue weighted by atomic mass is 35.5. The molecule has 0 heterocycles. The maximum atomic E-state index is 5.84. The van der Waals surface area contributed by atoms with E-state index in [9.17, 15) is 0 Å². The summed E-state index contributed by atoms with van der Waals surface area (Å²) in [4.78, 5) is 0. The fourth-order valence-corrected chi connectivity index (χ4v) is 1.24. The molecule has 1 heteroatoms. The van der Waals surface area contributed by atoms with Crippen LogP contribution in [-0.4, -0.2) is 0 Å². The van der Waals surface area contributed by atoms with Gasteiger partial charge in [-0.1, -0.05) is 42.5 Å². The molecular weight excluding hydrogens is 168 g/mol. The lowest BCUT2D eigenvalue weighted by molar-refractivity contribution is 1.60. The van der Waals surface area contributed by atoms with Gasteiger partial charge < -0.3 is 0 Å². The first-order valence-corrected chi connectivity index (χ1v) is 4.20. The van der Waals surface area contributed by atoms with Crippen LogP contribution in [0, 0.1) is 0 Å². The van der Waals surface area contributed by atoms with Crippen molar-refractivity contribution in [3.8, 4) is 0 Å². The molecule has 0 saturated carbocycles. The number of halogens is 1. The summed E-state index contributed by atoms with van der Waals surface area (Å²) in [6.45, 7) is 5.71. The number of hydrogen-bond acceptors (Lipinski definition) is 0. The summed E-state index contributed by atoms with van der Waals surface area (Å²) in [6.07, 6.45) is 5.83. The number of allylic oxidation sites excluding steroid dienone is 1. The topological polar surface area (TPSA) is 0 Å². The van der Waals surface area contributed by atoms with Crippen molar-refractivity contribution in [1.82, 2.24) is 0 Å². The van der Waals surface area contributed by atoms with Crippen molar-refractivity contribution in [3.63, 3.8) is 0 Å². The molecule has 0 aliphatic rings. The quantitative estimate of drug-likeness (QED) is 0.642. The van der Waals surface area contributed by atoms with Gasteiger partial charge in [-0.05, 0) is 30.2 Å². The summed E-state index contributed by atoms with van der Waals surface area (Å²) < 4.78 is 0. The summed E-state index contributed by atoms with van der Waals surface area (Å²) in [5.41, 5.74) is 2.22. The van der Waals surface area contributed by atoms with Gasteiger partial charge >= 0.3 is 0 Å². The van der Waals surface area contributed by atoms with Gasteiger partial charge in [0.05, 0.1) is 0 Å². The third-order valence-electron chi connectivity index (χ3n) is 1.61. The van der Waals surface area contributed by atoms with Crippen LogP contribution in [-0.2, 0) is 0 Å². The van der Waals surface area contributed by atoms with Gasteiger partial charge in [-0.2, -0.15) is 0 Å². The average Bonchev–Trinajstić information content (AvgIpc) is 2.05. The predicted octanol–water partition coefficient (Wildman–Crippen LogP) is 4.02. The smallest absolute Gasteiger partial charge is 0.0412 e. The standard InChI is InChI=1S/C11H11Cl/c1-3-5-10-8-11(12)7-6-9(10)4-2/h3-8H,2H2,1H3/b5-3-. The molecule has 1 aromatic carbocycles. The Kier molecular flexibility index (Phi) is 3.12. The van der Waals surface area contributed by atoms with E-state index in [-0.39, 0.29) is 0 Å². The zero-order chi connectivity index (χ0) is 8.97. The van der Waals surface area contributed by atoms with Crippen LogP contribution >= 0.6 is 11.6 Å². The van der Waals surface area contributed by atoms with Crippen molar-refractivity contribution in [2.24, 2.45) is 0 Å². The molecule has 0 saturated heterocycles. The Morgan fingerprint density at radius 1 is 1.33 bits per heavy atom. The maximum absolute atomic E-state index is 5.84. The van der Waals surface area contributed by atoms with Crippen LogP contribution in [0.2, 0.25) is 5.02 Å². The molecule has 0 fully saturated rings. The molecule has 0 spiro atoms. The lowest BCUT2D eigenvalue weighted by atomic mass is 10.1. The minimum atomic E-state index is 0.758. The second kappa shape index (κ2) is 4.13. The molecule has 1 rings (SSSR count). The van der Waals surface area contributed by atoms with Crippen LogP contribution < -0.4 is 0 Å². The largest absolute Gasteiger partial charge is 0.0984 e. The van der Waals surface area contributed by atoms with E-state index in [0.717, 1.165) is 16.1 Å². The first-order chi connectivity index (χ1) is 5.77. The molecule has 0 radical (unpaired) electrons. The molecule has 1 aromatic rings. The Labute approximate surface area is 78.2 Å². The van der Waals surface area contributed by atoms with E-state index in [1.807, 2.05) is 43.4 Å². The van der Waals surface area contributed by atoms with Crippen molar-refractivity contribution in [2.75, 3.05) is 0 Å². The van der Waals surface area contributed by atoms with Crippen LogP contribution in [0.1, 0.15) is 18.1 Å². The lowest BCUT2D eigenvalue weighted by Gasteiger charge is -2.00. The second-order valence-corrected chi connectivity index (χ2v) is 2.91. The van der Waals surface area contributed by atoms with E-state index in [1.54, 1.807) is 0 Å². The van der Waals surface area contributed by atoms with Crippen molar-refractivity contribution in [3.05, 3.63) is 47.0 Å². The average molecular weight is 179 g/mol. The van der Waals surface area contributed by atoms with E-state index in [1.165, 1.54) is 0 Å². The molecule has 62 valence electrons. The van der Waals surface area contributed by atoms with Crippen LogP contribution in [0.25, 0.3) is 12.2 Å². The Morgan fingerprint density at radius 2 is 2.08 bits per heavy atom. The number of rotatable bonds is 2. The predicted molar refractivity (Wildman–Crippen MR) is 56.3 cm³/mol. The van der Waals surface area contributed by atoms with E-state index < -0.39 is 0 Å². The van der Waals surface area contributed by atoms with Gasteiger partial charge in [-0.25, -0.2) is 0 Å². The van der Waals surface area contributed by atoms with Crippen molar-refractivity contribution < 1.29 is 0 Å². The lowest BCUT2D eigenvalue weighted by Crippen LogP contribution is -1.79. The van der Waals surface area contributed by atoms with Gasteiger partial charge in [-0.3, -0.25) is 0 Å². The van der Waals surface area contributed by atoms with Crippen LogP contribution in [0.4, 0.5) is 0 Å². The third-order valence-corrected chi connectivity index (χ3v) is 1.85. The summed E-state index contributed by atoms with van der Waals surface area (Å²) in [7, 11) is 0. The van der Waals surface area contributed by atoms with Crippen molar-refractivity contribution >= 4 is 23.8 Å². The Hall–Kier alpha value is -1.01. The van der Waals surface area contributed by atoms with E-state index in [4.69, 9.17) is 11.6 Å². The van der Waals surface area contributed by atoms with Crippen molar-refractivity contribution in [2.45, 2.75) is 6.92 Å². The van der Waals surface area contributed by atoms with Crippen LogP contribution in [0.3, 0.4) is 0 Å². The minimum absolute atomic E-state index is 0.758. The monoisotopic (exact) mass is 178 g/mol.